The first kappa shape index (κ1) is 15.7. The fourth-order valence-electron chi connectivity index (χ4n) is 3.01. The Balaban J connectivity index is 1.64. The lowest BCUT2D eigenvalue weighted by Gasteiger charge is -2.22. The Bertz CT molecular complexity index is 654. The van der Waals surface area contributed by atoms with Crippen LogP contribution in [-0.4, -0.2) is 39.9 Å². The van der Waals surface area contributed by atoms with Gasteiger partial charge in [-0.05, 0) is 30.5 Å². The van der Waals surface area contributed by atoms with Gasteiger partial charge >= 0.3 is 0 Å². The number of nitrogens with one attached hydrogen (secondary N) is 1. The summed E-state index contributed by atoms with van der Waals surface area (Å²) in [6.45, 7) is 5.70. The summed E-state index contributed by atoms with van der Waals surface area (Å²) in [7, 11) is 0. The normalized spacial score (nSPS) is 20.8. The van der Waals surface area contributed by atoms with Gasteiger partial charge in [0.2, 0.25) is 0 Å². The van der Waals surface area contributed by atoms with Gasteiger partial charge in [0.05, 0.1) is 6.10 Å². The Kier molecular flexibility index (Phi) is 4.71. The largest absolute Gasteiger partial charge is 0.378 e. The summed E-state index contributed by atoms with van der Waals surface area (Å²) in [5.74, 6) is 1.30. The Morgan fingerprint density at radius 3 is 3.04 bits per heavy atom. The predicted octanol–water partition coefficient (Wildman–Crippen LogP) is 2.06. The third-order valence-electron chi connectivity index (χ3n) is 4.15. The highest BCUT2D eigenvalue weighted by molar-refractivity contribution is 5.92. The first-order valence-corrected chi connectivity index (χ1v) is 8.02. The van der Waals surface area contributed by atoms with Gasteiger partial charge in [-0.3, -0.25) is 4.79 Å². The molecular weight excluding hydrogens is 292 g/mol. The molecule has 2 aromatic heterocycles. The average Bonchev–Trinajstić information content (AvgIpc) is 3.24. The number of amides is 1. The van der Waals surface area contributed by atoms with Crippen LogP contribution in [-0.2, 0) is 4.74 Å². The minimum absolute atomic E-state index is 0.159. The van der Waals surface area contributed by atoms with Crippen molar-refractivity contribution in [2.45, 2.75) is 26.4 Å². The summed E-state index contributed by atoms with van der Waals surface area (Å²) in [4.78, 5) is 16.7. The molecule has 122 valence electrons. The van der Waals surface area contributed by atoms with Gasteiger partial charge in [-0.2, -0.15) is 5.10 Å². The molecule has 2 aromatic rings. The van der Waals surface area contributed by atoms with Gasteiger partial charge in [0.15, 0.2) is 5.82 Å². The number of nitrogens with zero attached hydrogens (tertiary/aromatic N) is 3. The lowest BCUT2D eigenvalue weighted by Crippen LogP contribution is -2.35. The van der Waals surface area contributed by atoms with Gasteiger partial charge in [-0.25, -0.2) is 9.67 Å². The van der Waals surface area contributed by atoms with Crippen molar-refractivity contribution in [2.24, 2.45) is 11.8 Å². The highest BCUT2D eigenvalue weighted by Crippen LogP contribution is 2.26. The quantitative estimate of drug-likeness (QED) is 0.917. The molecule has 1 aliphatic rings. The molecule has 23 heavy (non-hydrogen) atoms. The number of hydrogen-bond acceptors (Lipinski definition) is 4. The number of rotatable bonds is 5. The minimum atomic E-state index is -0.159. The van der Waals surface area contributed by atoms with Crippen LogP contribution in [0.3, 0.4) is 0 Å². The Morgan fingerprint density at radius 2 is 2.30 bits per heavy atom. The number of aromatic nitrogens is 3. The van der Waals surface area contributed by atoms with Crippen LogP contribution in [0, 0.1) is 11.8 Å². The molecule has 2 atom stereocenters. The van der Waals surface area contributed by atoms with Crippen molar-refractivity contribution in [3.05, 3.63) is 42.4 Å². The summed E-state index contributed by atoms with van der Waals surface area (Å²) < 4.78 is 7.39. The van der Waals surface area contributed by atoms with Gasteiger partial charge in [-0.15, -0.1) is 0 Å². The van der Waals surface area contributed by atoms with Gasteiger partial charge < -0.3 is 10.1 Å². The molecule has 1 N–H and O–H groups in total. The SMILES string of the molecule is CC(C)[C@@H]1OCC[C@H]1CNC(=O)c1cccc(-n2cccn2)n1. The number of carbonyl (C=O) groups excluding carboxylic acids is 1. The third kappa shape index (κ3) is 3.59. The number of hydrogen-bond donors (Lipinski definition) is 1. The van der Waals surface area contributed by atoms with Crippen molar-refractivity contribution in [1.29, 1.82) is 0 Å². The lowest BCUT2D eigenvalue weighted by atomic mass is 9.93. The van der Waals surface area contributed by atoms with Crippen LogP contribution in [0.15, 0.2) is 36.7 Å². The fraction of sp³-hybridized carbons (Fsp3) is 0.471. The topological polar surface area (TPSA) is 69.0 Å². The minimum Gasteiger partial charge on any atom is -0.378 e. The van der Waals surface area contributed by atoms with Crippen LogP contribution in [0.5, 0.6) is 0 Å². The maximum absolute atomic E-state index is 12.4. The van der Waals surface area contributed by atoms with Crippen molar-refractivity contribution < 1.29 is 9.53 Å². The summed E-state index contributed by atoms with van der Waals surface area (Å²) in [5, 5.41) is 7.12. The van der Waals surface area contributed by atoms with E-state index in [0.717, 1.165) is 13.0 Å². The first-order valence-electron chi connectivity index (χ1n) is 8.02. The second-order valence-electron chi connectivity index (χ2n) is 6.17. The Labute approximate surface area is 135 Å². The smallest absolute Gasteiger partial charge is 0.269 e. The van der Waals surface area contributed by atoms with E-state index < -0.39 is 0 Å². The fourth-order valence-corrected chi connectivity index (χ4v) is 3.01. The molecule has 0 aliphatic carbocycles. The zero-order valence-corrected chi connectivity index (χ0v) is 13.5. The monoisotopic (exact) mass is 314 g/mol. The van der Waals surface area contributed by atoms with Crippen LogP contribution in [0.2, 0.25) is 0 Å². The number of carbonyl (C=O) groups is 1. The molecule has 1 saturated heterocycles. The highest BCUT2D eigenvalue weighted by atomic mass is 16.5. The van der Waals surface area contributed by atoms with Gasteiger partial charge in [-0.1, -0.05) is 19.9 Å². The molecular formula is C17H22N4O2. The maximum atomic E-state index is 12.4. The average molecular weight is 314 g/mol. The van der Waals surface area contributed by atoms with Crippen LogP contribution < -0.4 is 5.32 Å². The second kappa shape index (κ2) is 6.91. The van der Waals surface area contributed by atoms with Crippen LogP contribution >= 0.6 is 0 Å². The molecule has 1 aliphatic heterocycles. The van der Waals surface area contributed by atoms with Crippen molar-refractivity contribution >= 4 is 5.91 Å². The van der Waals surface area contributed by atoms with E-state index in [2.05, 4.69) is 29.2 Å². The molecule has 3 heterocycles. The first-order chi connectivity index (χ1) is 11.1. The van der Waals surface area contributed by atoms with Crippen molar-refractivity contribution in [3.8, 4) is 5.82 Å². The Hall–Kier alpha value is -2.21. The second-order valence-corrected chi connectivity index (χ2v) is 6.17. The molecule has 0 radical (unpaired) electrons. The summed E-state index contributed by atoms with van der Waals surface area (Å²) in [5.41, 5.74) is 0.401. The molecule has 0 spiro atoms. The van der Waals surface area contributed by atoms with E-state index in [-0.39, 0.29) is 12.0 Å². The van der Waals surface area contributed by atoms with Crippen molar-refractivity contribution in [1.82, 2.24) is 20.1 Å². The summed E-state index contributed by atoms with van der Waals surface area (Å²) in [6.07, 6.45) is 4.69. The third-order valence-corrected chi connectivity index (χ3v) is 4.15. The van der Waals surface area contributed by atoms with E-state index in [9.17, 15) is 4.79 Å². The highest BCUT2D eigenvalue weighted by Gasteiger charge is 2.30. The lowest BCUT2D eigenvalue weighted by molar-refractivity contribution is 0.0533. The number of pyridine rings is 1. The predicted molar refractivity (Wildman–Crippen MR) is 86.4 cm³/mol. The zero-order chi connectivity index (χ0) is 16.2. The molecule has 1 amide bonds. The number of ether oxygens (including phenoxy) is 1. The molecule has 3 rings (SSSR count). The molecule has 0 unspecified atom stereocenters. The maximum Gasteiger partial charge on any atom is 0.269 e. The summed E-state index contributed by atoms with van der Waals surface area (Å²) in [6, 6.07) is 7.17. The van der Waals surface area contributed by atoms with E-state index >= 15 is 0 Å². The molecule has 0 bridgehead atoms. The van der Waals surface area contributed by atoms with Gasteiger partial charge in [0.25, 0.3) is 5.91 Å². The Morgan fingerprint density at radius 1 is 1.43 bits per heavy atom. The van der Waals surface area contributed by atoms with Crippen LogP contribution in [0.4, 0.5) is 0 Å². The van der Waals surface area contributed by atoms with Crippen LogP contribution in [0.1, 0.15) is 30.8 Å². The molecule has 6 nitrogen and oxygen atoms in total. The molecule has 0 saturated carbocycles. The molecule has 6 heteroatoms. The van der Waals surface area contributed by atoms with E-state index in [1.54, 1.807) is 23.1 Å². The standard InChI is InChI=1S/C17H22N4O2/c1-12(2)16-13(7-10-23-16)11-18-17(22)14-5-3-6-15(20-14)21-9-4-8-19-21/h3-6,8-9,12-13,16H,7,10-11H2,1-2H3,(H,18,22)/t13-,16-/m0/s1. The van der Waals surface area contributed by atoms with E-state index in [4.69, 9.17) is 4.74 Å². The molecule has 0 aromatic carbocycles. The van der Waals surface area contributed by atoms with Gasteiger partial charge in [0.1, 0.15) is 5.69 Å². The van der Waals surface area contributed by atoms with E-state index in [0.29, 0.717) is 29.9 Å². The van der Waals surface area contributed by atoms with E-state index in [1.807, 2.05) is 18.2 Å². The van der Waals surface area contributed by atoms with Crippen molar-refractivity contribution in [2.75, 3.05) is 13.2 Å². The van der Waals surface area contributed by atoms with Crippen molar-refractivity contribution in [3.63, 3.8) is 0 Å². The molecule has 1 fully saturated rings. The zero-order valence-electron chi connectivity index (χ0n) is 13.5. The van der Waals surface area contributed by atoms with E-state index in [1.165, 1.54) is 0 Å². The summed E-state index contributed by atoms with van der Waals surface area (Å²) >= 11 is 0. The van der Waals surface area contributed by atoms with Crippen LogP contribution in [0.25, 0.3) is 5.82 Å². The van der Waals surface area contributed by atoms with Gasteiger partial charge in [0, 0.05) is 31.5 Å².